The monoisotopic (exact) mass is 502 g/mol. The largest absolute Gasteiger partial charge is 0.489 e. The molecule has 188 valence electrons. The lowest BCUT2D eigenvalue weighted by molar-refractivity contribution is -0.121. The van der Waals surface area contributed by atoms with Gasteiger partial charge in [0.15, 0.2) is 0 Å². The van der Waals surface area contributed by atoms with Crippen LogP contribution in [-0.4, -0.2) is 18.0 Å². The van der Waals surface area contributed by atoms with E-state index in [0.29, 0.717) is 16.9 Å². The van der Waals surface area contributed by atoms with Crippen LogP contribution in [0.4, 0.5) is 0 Å². The minimum Gasteiger partial charge on any atom is -0.489 e. The van der Waals surface area contributed by atoms with E-state index in [2.05, 4.69) is 21.9 Å². The third-order valence-electron chi connectivity index (χ3n) is 5.75. The van der Waals surface area contributed by atoms with E-state index in [0.717, 1.165) is 16.7 Å². The summed E-state index contributed by atoms with van der Waals surface area (Å²) in [5.41, 5.74) is 6.05. The van der Waals surface area contributed by atoms with Crippen LogP contribution in [0.3, 0.4) is 0 Å². The van der Waals surface area contributed by atoms with Gasteiger partial charge in [0.05, 0.1) is 30.3 Å². The third-order valence-corrected chi connectivity index (χ3v) is 5.75. The summed E-state index contributed by atoms with van der Waals surface area (Å²) in [4.78, 5) is 25.3. The van der Waals surface area contributed by atoms with Gasteiger partial charge in [0.2, 0.25) is 5.91 Å². The number of amides is 2. The van der Waals surface area contributed by atoms with Crippen molar-refractivity contribution in [3.05, 3.63) is 137 Å². The lowest BCUT2D eigenvalue weighted by Gasteiger charge is -2.18. The van der Waals surface area contributed by atoms with Gasteiger partial charge in [-0.3, -0.25) is 9.59 Å². The summed E-state index contributed by atoms with van der Waals surface area (Å²) < 4.78 is 5.78. The second-order valence-electron chi connectivity index (χ2n) is 8.43. The third kappa shape index (κ3) is 7.39. The molecule has 2 N–H and O–H groups in total. The zero-order valence-corrected chi connectivity index (χ0v) is 20.6. The average molecular weight is 503 g/mol. The zero-order valence-electron chi connectivity index (χ0n) is 20.6. The molecular weight excluding hydrogens is 476 g/mol. The number of ether oxygens (including phenoxy) is 1. The summed E-state index contributed by atoms with van der Waals surface area (Å²) in [6.07, 6.45) is 1.56. The number of benzene rings is 4. The summed E-state index contributed by atoms with van der Waals surface area (Å²) in [5, 5.41) is 16.2. The molecule has 7 heteroatoms. The molecule has 38 heavy (non-hydrogen) atoms. The zero-order chi connectivity index (χ0) is 26.6. The number of carbonyl (C=O) groups excluding carboxylic acids is 2. The lowest BCUT2D eigenvalue weighted by atomic mass is 10.0. The molecule has 0 fully saturated rings. The van der Waals surface area contributed by atoms with Crippen LogP contribution in [-0.2, 0) is 11.4 Å². The number of hydrogen-bond acceptors (Lipinski definition) is 5. The number of nitriles is 1. The summed E-state index contributed by atoms with van der Waals surface area (Å²) in [5.74, 6) is 0.0625. The highest BCUT2D eigenvalue weighted by Crippen LogP contribution is 2.18. The topological polar surface area (TPSA) is 104 Å². The second-order valence-corrected chi connectivity index (χ2v) is 8.43. The van der Waals surface area contributed by atoms with E-state index in [-0.39, 0.29) is 24.8 Å². The number of rotatable bonds is 10. The summed E-state index contributed by atoms with van der Waals surface area (Å²) in [6, 6.07) is 34.4. The van der Waals surface area contributed by atoms with Crippen LogP contribution in [0.1, 0.15) is 45.1 Å². The van der Waals surface area contributed by atoms with Crippen molar-refractivity contribution in [3.63, 3.8) is 0 Å². The van der Waals surface area contributed by atoms with Gasteiger partial charge in [0.1, 0.15) is 12.4 Å². The molecule has 0 unspecified atom stereocenters. The lowest BCUT2D eigenvalue weighted by Crippen LogP contribution is -2.32. The molecule has 4 aromatic carbocycles. The molecule has 4 rings (SSSR count). The molecule has 1 atom stereocenters. The summed E-state index contributed by atoms with van der Waals surface area (Å²) in [6.45, 7) is 0.288. The van der Waals surface area contributed by atoms with Crippen molar-refractivity contribution >= 4 is 18.0 Å². The van der Waals surface area contributed by atoms with Crippen LogP contribution in [0.15, 0.2) is 114 Å². The molecule has 0 aliphatic carbocycles. The molecule has 0 saturated carbocycles. The molecule has 0 spiro atoms. The molecule has 0 saturated heterocycles. The van der Waals surface area contributed by atoms with Gasteiger partial charge >= 0.3 is 0 Å². The first kappa shape index (κ1) is 25.9. The molecule has 4 aromatic rings. The van der Waals surface area contributed by atoms with Gasteiger partial charge in [-0.2, -0.15) is 10.4 Å². The Morgan fingerprint density at radius 3 is 2.24 bits per heavy atom. The van der Waals surface area contributed by atoms with Gasteiger partial charge in [-0.15, -0.1) is 0 Å². The predicted molar refractivity (Wildman–Crippen MR) is 145 cm³/mol. The van der Waals surface area contributed by atoms with Crippen molar-refractivity contribution in [1.82, 2.24) is 10.7 Å². The molecule has 7 nitrogen and oxygen atoms in total. The van der Waals surface area contributed by atoms with Crippen molar-refractivity contribution in [1.29, 1.82) is 5.26 Å². The Kier molecular flexibility index (Phi) is 8.98. The van der Waals surface area contributed by atoms with Crippen LogP contribution in [0.2, 0.25) is 0 Å². The standard InChI is InChI=1S/C31H26N4O3/c32-20-26-13-7-8-14-27(26)22-38-28-17-15-23(16-18-28)21-33-35-30(36)19-29(24-9-3-1-4-10-24)34-31(37)25-11-5-2-6-12-25/h1-18,21,29H,19,22H2,(H,34,37)(H,35,36)/b33-21-/t29-/m1/s1. The van der Waals surface area contributed by atoms with Gasteiger partial charge in [-0.1, -0.05) is 66.7 Å². The van der Waals surface area contributed by atoms with Gasteiger partial charge in [-0.05, 0) is 53.6 Å². The van der Waals surface area contributed by atoms with Crippen molar-refractivity contribution in [3.8, 4) is 11.8 Å². The fourth-order valence-corrected chi connectivity index (χ4v) is 3.74. The van der Waals surface area contributed by atoms with E-state index >= 15 is 0 Å². The molecule has 0 aliphatic rings. The molecule has 0 aromatic heterocycles. The normalized spacial score (nSPS) is 11.3. The molecule has 0 bridgehead atoms. The van der Waals surface area contributed by atoms with Gasteiger partial charge in [0, 0.05) is 11.1 Å². The van der Waals surface area contributed by atoms with Crippen molar-refractivity contribution in [2.45, 2.75) is 19.1 Å². The highest BCUT2D eigenvalue weighted by Gasteiger charge is 2.19. The number of hydrazone groups is 1. The maximum atomic E-state index is 12.7. The first-order valence-electron chi connectivity index (χ1n) is 12.1. The highest BCUT2D eigenvalue weighted by atomic mass is 16.5. The Morgan fingerprint density at radius 2 is 1.53 bits per heavy atom. The van der Waals surface area contributed by atoms with Gasteiger partial charge < -0.3 is 10.1 Å². The first-order chi connectivity index (χ1) is 18.6. The number of hydrogen-bond donors (Lipinski definition) is 2. The quantitative estimate of drug-likeness (QED) is 0.231. The molecule has 2 amide bonds. The maximum Gasteiger partial charge on any atom is 0.251 e. The summed E-state index contributed by atoms with van der Waals surface area (Å²) in [7, 11) is 0. The van der Waals surface area contributed by atoms with Crippen LogP contribution < -0.4 is 15.5 Å². The molecular formula is C31H26N4O3. The molecule has 0 heterocycles. The Hall–Kier alpha value is -5.22. The number of carbonyl (C=O) groups is 2. The van der Waals surface area contributed by atoms with Crippen LogP contribution in [0.5, 0.6) is 5.75 Å². The van der Waals surface area contributed by atoms with Crippen LogP contribution in [0, 0.1) is 11.3 Å². The van der Waals surface area contributed by atoms with E-state index in [1.54, 1.807) is 42.5 Å². The number of nitrogens with one attached hydrogen (secondary N) is 2. The van der Waals surface area contributed by atoms with Crippen molar-refractivity contribution < 1.29 is 14.3 Å². The fourth-order valence-electron chi connectivity index (χ4n) is 3.74. The van der Waals surface area contributed by atoms with Crippen LogP contribution >= 0.6 is 0 Å². The molecule has 0 aliphatic heterocycles. The van der Waals surface area contributed by atoms with E-state index in [9.17, 15) is 14.9 Å². The Morgan fingerprint density at radius 1 is 0.868 bits per heavy atom. The van der Waals surface area contributed by atoms with E-state index in [4.69, 9.17) is 4.74 Å². The maximum absolute atomic E-state index is 12.7. The van der Waals surface area contributed by atoms with E-state index < -0.39 is 6.04 Å². The van der Waals surface area contributed by atoms with Crippen molar-refractivity contribution in [2.24, 2.45) is 5.10 Å². The minimum absolute atomic E-state index is 0.0247. The van der Waals surface area contributed by atoms with Crippen molar-refractivity contribution in [2.75, 3.05) is 0 Å². The smallest absolute Gasteiger partial charge is 0.251 e. The predicted octanol–water partition coefficient (Wildman–Crippen LogP) is 5.15. The molecule has 0 radical (unpaired) electrons. The highest BCUT2D eigenvalue weighted by molar-refractivity contribution is 5.94. The van der Waals surface area contributed by atoms with E-state index in [1.807, 2.05) is 66.7 Å². The Bertz CT molecular complexity index is 1430. The van der Waals surface area contributed by atoms with E-state index in [1.165, 1.54) is 6.21 Å². The summed E-state index contributed by atoms with van der Waals surface area (Å²) >= 11 is 0. The Balaban J connectivity index is 1.32. The van der Waals surface area contributed by atoms with Gasteiger partial charge in [0.25, 0.3) is 5.91 Å². The second kappa shape index (κ2) is 13.2. The Labute approximate surface area is 221 Å². The minimum atomic E-state index is -0.512. The fraction of sp³-hybridized carbons (Fsp3) is 0.0968. The number of nitrogens with zero attached hydrogens (tertiary/aromatic N) is 2. The van der Waals surface area contributed by atoms with Crippen LogP contribution in [0.25, 0.3) is 0 Å². The first-order valence-corrected chi connectivity index (χ1v) is 12.1. The SMILES string of the molecule is N#Cc1ccccc1COc1ccc(/C=N\NC(=O)C[C@@H](NC(=O)c2ccccc2)c2ccccc2)cc1. The average Bonchev–Trinajstić information content (AvgIpc) is 2.97. The van der Waals surface area contributed by atoms with Gasteiger partial charge in [-0.25, -0.2) is 5.43 Å².